The molecule has 136 valence electrons. The van der Waals surface area contributed by atoms with Gasteiger partial charge in [-0.2, -0.15) is 0 Å². The molecule has 0 aliphatic carbocycles. The van der Waals surface area contributed by atoms with E-state index in [1.165, 1.54) is 16.2 Å². The molecule has 3 rings (SSSR count). The number of benzene rings is 1. The largest absolute Gasteiger partial charge is 0.383 e. The Morgan fingerprint density at radius 3 is 2.38 bits per heavy atom. The fourth-order valence-electron chi connectivity index (χ4n) is 2.87. The number of hydrogen-bond acceptors (Lipinski definition) is 5. The lowest BCUT2D eigenvalue weighted by Gasteiger charge is -2.22. The van der Waals surface area contributed by atoms with Gasteiger partial charge >= 0.3 is 0 Å². The molecule has 2 N–H and O–H groups in total. The Hall–Kier alpha value is -2.51. The van der Waals surface area contributed by atoms with Crippen LogP contribution in [-0.4, -0.2) is 40.8 Å². The van der Waals surface area contributed by atoms with E-state index in [1.807, 2.05) is 17.5 Å². The van der Waals surface area contributed by atoms with E-state index >= 15 is 0 Å². The molecule has 0 radical (unpaired) electrons. The number of thiophene rings is 1. The monoisotopic (exact) mass is 372 g/mol. The van der Waals surface area contributed by atoms with Crippen molar-refractivity contribution >= 4 is 29.1 Å². The molecule has 3 amide bonds. The fourth-order valence-corrected chi connectivity index (χ4v) is 3.66. The SMILES string of the molecule is CC(O)(CNC(=O)CCCN1C(=O)c2ccccc2C1=O)c1cccs1. The molecule has 7 heteroatoms. The first-order valence-corrected chi connectivity index (χ1v) is 9.26. The number of aliphatic hydroxyl groups is 1. The highest BCUT2D eigenvalue weighted by Crippen LogP contribution is 2.25. The van der Waals surface area contributed by atoms with Gasteiger partial charge in [0.2, 0.25) is 5.91 Å². The molecule has 2 heterocycles. The van der Waals surface area contributed by atoms with Gasteiger partial charge in [0.05, 0.1) is 17.7 Å². The Morgan fingerprint density at radius 1 is 1.15 bits per heavy atom. The van der Waals surface area contributed by atoms with E-state index in [9.17, 15) is 19.5 Å². The van der Waals surface area contributed by atoms with Crippen LogP contribution in [0.2, 0.25) is 0 Å². The predicted octanol–water partition coefficient (Wildman–Crippen LogP) is 2.15. The number of nitrogens with zero attached hydrogens (tertiary/aromatic N) is 1. The Kier molecular flexibility index (Phi) is 5.20. The molecule has 1 aliphatic heterocycles. The van der Waals surface area contributed by atoms with E-state index in [-0.39, 0.29) is 37.2 Å². The third-order valence-electron chi connectivity index (χ3n) is 4.35. The molecule has 0 fully saturated rings. The molecule has 1 aliphatic rings. The highest BCUT2D eigenvalue weighted by Gasteiger charge is 2.34. The van der Waals surface area contributed by atoms with Crippen LogP contribution >= 0.6 is 11.3 Å². The highest BCUT2D eigenvalue weighted by atomic mass is 32.1. The summed E-state index contributed by atoms with van der Waals surface area (Å²) in [4.78, 5) is 38.5. The zero-order valence-electron chi connectivity index (χ0n) is 14.4. The van der Waals surface area contributed by atoms with Crippen molar-refractivity contribution in [2.75, 3.05) is 13.1 Å². The Bertz CT molecular complexity index is 795. The van der Waals surface area contributed by atoms with Crippen LogP contribution in [-0.2, 0) is 10.4 Å². The first-order chi connectivity index (χ1) is 12.4. The third-order valence-corrected chi connectivity index (χ3v) is 5.47. The second kappa shape index (κ2) is 7.39. The van der Waals surface area contributed by atoms with Gasteiger partial charge in [0.15, 0.2) is 0 Å². The zero-order chi connectivity index (χ0) is 18.7. The van der Waals surface area contributed by atoms with Crippen molar-refractivity contribution in [2.24, 2.45) is 0 Å². The summed E-state index contributed by atoms with van der Waals surface area (Å²) < 4.78 is 0. The summed E-state index contributed by atoms with van der Waals surface area (Å²) in [5, 5.41) is 15.0. The molecule has 0 saturated heterocycles. The van der Waals surface area contributed by atoms with Crippen LogP contribution in [0.4, 0.5) is 0 Å². The van der Waals surface area contributed by atoms with Crippen molar-refractivity contribution < 1.29 is 19.5 Å². The second-order valence-corrected chi connectivity index (χ2v) is 7.39. The summed E-state index contributed by atoms with van der Waals surface area (Å²) in [5.41, 5.74) is -0.297. The summed E-state index contributed by atoms with van der Waals surface area (Å²) in [6, 6.07) is 10.4. The molecule has 1 aromatic heterocycles. The maximum atomic E-state index is 12.2. The van der Waals surface area contributed by atoms with Gasteiger partial charge in [-0.1, -0.05) is 18.2 Å². The molecule has 2 aromatic rings. The van der Waals surface area contributed by atoms with Crippen LogP contribution < -0.4 is 5.32 Å². The lowest BCUT2D eigenvalue weighted by Crippen LogP contribution is -2.38. The highest BCUT2D eigenvalue weighted by molar-refractivity contribution is 7.10. The van der Waals surface area contributed by atoms with Crippen molar-refractivity contribution in [1.82, 2.24) is 10.2 Å². The number of carbonyl (C=O) groups is 3. The van der Waals surface area contributed by atoms with Crippen LogP contribution in [0, 0.1) is 0 Å². The van der Waals surface area contributed by atoms with Gasteiger partial charge in [-0.3, -0.25) is 19.3 Å². The van der Waals surface area contributed by atoms with Gasteiger partial charge in [-0.05, 0) is 36.9 Å². The van der Waals surface area contributed by atoms with E-state index in [1.54, 1.807) is 31.2 Å². The van der Waals surface area contributed by atoms with Gasteiger partial charge in [0, 0.05) is 17.8 Å². The first-order valence-electron chi connectivity index (χ1n) is 8.38. The molecule has 1 unspecified atom stereocenters. The molecule has 1 aromatic carbocycles. The van der Waals surface area contributed by atoms with Crippen molar-refractivity contribution in [3.63, 3.8) is 0 Å². The standard InChI is InChI=1S/C19H20N2O4S/c1-19(25,15-8-5-11-26-15)12-20-16(22)9-4-10-21-17(23)13-6-2-3-7-14(13)18(21)24/h2-3,5-8,11,25H,4,9-10,12H2,1H3,(H,20,22). The number of nitrogens with one attached hydrogen (secondary N) is 1. The van der Waals surface area contributed by atoms with E-state index in [0.717, 1.165) is 4.88 Å². The molecule has 0 spiro atoms. The van der Waals surface area contributed by atoms with Crippen molar-refractivity contribution in [1.29, 1.82) is 0 Å². The average Bonchev–Trinajstić information content (AvgIpc) is 3.25. The quantitative estimate of drug-likeness (QED) is 0.729. The number of fused-ring (bicyclic) bond motifs is 1. The van der Waals surface area contributed by atoms with Gasteiger partial charge < -0.3 is 10.4 Å². The van der Waals surface area contributed by atoms with Crippen LogP contribution in [0.1, 0.15) is 45.4 Å². The van der Waals surface area contributed by atoms with E-state index in [2.05, 4.69) is 5.32 Å². The minimum atomic E-state index is -1.12. The lowest BCUT2D eigenvalue weighted by atomic mass is 10.1. The molecule has 26 heavy (non-hydrogen) atoms. The molecule has 6 nitrogen and oxygen atoms in total. The van der Waals surface area contributed by atoms with Gasteiger partial charge in [-0.25, -0.2) is 0 Å². The Labute approximate surface area is 155 Å². The minimum absolute atomic E-state index is 0.110. The van der Waals surface area contributed by atoms with Crippen molar-refractivity contribution in [3.8, 4) is 0 Å². The van der Waals surface area contributed by atoms with Gasteiger partial charge in [0.1, 0.15) is 5.60 Å². The Morgan fingerprint density at radius 2 is 1.81 bits per heavy atom. The molecule has 1 atom stereocenters. The Balaban J connectivity index is 1.46. The predicted molar refractivity (Wildman–Crippen MR) is 97.9 cm³/mol. The number of hydrogen-bond donors (Lipinski definition) is 2. The van der Waals surface area contributed by atoms with Crippen molar-refractivity contribution in [3.05, 3.63) is 57.8 Å². The summed E-state index contributed by atoms with van der Waals surface area (Å²) in [6.45, 7) is 1.96. The number of carbonyl (C=O) groups excluding carboxylic acids is 3. The average molecular weight is 372 g/mol. The van der Waals surface area contributed by atoms with Gasteiger partial charge in [0.25, 0.3) is 11.8 Å². The van der Waals surface area contributed by atoms with Crippen LogP contribution in [0.3, 0.4) is 0 Å². The summed E-state index contributed by atoms with van der Waals surface area (Å²) >= 11 is 1.43. The number of rotatable bonds is 7. The van der Waals surface area contributed by atoms with E-state index in [0.29, 0.717) is 17.5 Å². The zero-order valence-corrected chi connectivity index (χ0v) is 15.2. The fraction of sp³-hybridized carbons (Fsp3) is 0.316. The molecular formula is C19H20N2O4S. The van der Waals surface area contributed by atoms with Crippen LogP contribution in [0.5, 0.6) is 0 Å². The smallest absolute Gasteiger partial charge is 0.261 e. The molecule has 0 saturated carbocycles. The van der Waals surface area contributed by atoms with E-state index < -0.39 is 5.60 Å². The maximum absolute atomic E-state index is 12.2. The summed E-state index contributed by atoms with van der Waals surface area (Å²) in [6.07, 6.45) is 0.548. The topological polar surface area (TPSA) is 86.7 Å². The normalized spacial score (nSPS) is 15.7. The molecular weight excluding hydrogens is 352 g/mol. The minimum Gasteiger partial charge on any atom is -0.383 e. The number of imide groups is 1. The second-order valence-electron chi connectivity index (χ2n) is 6.44. The van der Waals surface area contributed by atoms with Crippen LogP contribution in [0.25, 0.3) is 0 Å². The summed E-state index contributed by atoms with van der Waals surface area (Å²) in [7, 11) is 0. The van der Waals surface area contributed by atoms with Crippen molar-refractivity contribution in [2.45, 2.75) is 25.4 Å². The first kappa shape index (κ1) is 18.3. The third kappa shape index (κ3) is 3.68. The van der Waals surface area contributed by atoms with E-state index in [4.69, 9.17) is 0 Å². The number of amides is 3. The maximum Gasteiger partial charge on any atom is 0.261 e. The molecule has 0 bridgehead atoms. The van der Waals surface area contributed by atoms with Crippen LogP contribution in [0.15, 0.2) is 41.8 Å². The lowest BCUT2D eigenvalue weighted by molar-refractivity contribution is -0.122. The summed E-state index contributed by atoms with van der Waals surface area (Å²) in [5.74, 6) is -0.850. The van der Waals surface area contributed by atoms with Gasteiger partial charge in [-0.15, -0.1) is 11.3 Å².